The summed E-state index contributed by atoms with van der Waals surface area (Å²) >= 11 is 0. The van der Waals surface area contributed by atoms with Gasteiger partial charge in [-0.1, -0.05) is 42.4 Å². The average Bonchev–Trinajstić information content (AvgIpc) is 2.75. The van der Waals surface area contributed by atoms with E-state index in [9.17, 15) is 9.90 Å². The molecule has 2 rings (SSSR count). The molecule has 21 heavy (non-hydrogen) atoms. The molecule has 2 N–H and O–H groups in total. The number of amides is 1. The Balaban J connectivity index is 2.27. The van der Waals surface area contributed by atoms with E-state index in [-0.39, 0.29) is 17.2 Å². The molecule has 0 aliphatic carbocycles. The second-order valence-electron chi connectivity index (χ2n) is 4.66. The molecule has 0 saturated carbocycles. The molecule has 0 atom stereocenters. The van der Waals surface area contributed by atoms with E-state index in [0.717, 1.165) is 12.0 Å². The fraction of sp³-hybridized carbons (Fsp3) is 0.250. The molecule has 0 saturated heterocycles. The summed E-state index contributed by atoms with van der Waals surface area (Å²) < 4.78 is 0. The van der Waals surface area contributed by atoms with E-state index in [1.165, 1.54) is 0 Å². The molecule has 0 unspecified atom stereocenters. The molecule has 0 fully saturated rings. The number of oxime groups is 1. The molecule has 1 aromatic rings. The predicted molar refractivity (Wildman–Crippen MR) is 81.6 cm³/mol. The molecular formula is C16H18N2O3. The zero-order chi connectivity index (χ0) is 15.2. The van der Waals surface area contributed by atoms with Crippen molar-refractivity contribution in [3.8, 4) is 0 Å². The molecule has 5 heteroatoms. The number of aliphatic hydroxyl groups excluding tert-OH is 1. The summed E-state index contributed by atoms with van der Waals surface area (Å²) in [5.74, 6) is -0.485. The van der Waals surface area contributed by atoms with E-state index in [2.05, 4.69) is 10.5 Å². The molecule has 5 nitrogen and oxygen atoms in total. The van der Waals surface area contributed by atoms with Gasteiger partial charge < -0.3 is 15.3 Å². The first kappa shape index (κ1) is 14.8. The van der Waals surface area contributed by atoms with E-state index >= 15 is 0 Å². The highest BCUT2D eigenvalue weighted by Gasteiger charge is 2.29. The van der Waals surface area contributed by atoms with Crippen molar-refractivity contribution in [1.29, 1.82) is 0 Å². The molecule has 0 spiro atoms. The maximum atomic E-state index is 12.0. The lowest BCUT2D eigenvalue weighted by Crippen LogP contribution is -2.19. The number of carbonyl (C=O) groups excluding carboxylic acids is 1. The van der Waals surface area contributed by atoms with Gasteiger partial charge in [-0.05, 0) is 25.0 Å². The van der Waals surface area contributed by atoms with Crippen LogP contribution in [0.25, 0.3) is 6.08 Å². The van der Waals surface area contributed by atoms with Gasteiger partial charge in [0.15, 0.2) is 5.76 Å². The molecule has 0 aromatic heterocycles. The van der Waals surface area contributed by atoms with Crippen LogP contribution in [0, 0.1) is 0 Å². The van der Waals surface area contributed by atoms with Gasteiger partial charge in [-0.15, -0.1) is 0 Å². The zero-order valence-corrected chi connectivity index (χ0v) is 12.1. The quantitative estimate of drug-likeness (QED) is 0.496. The van der Waals surface area contributed by atoms with Gasteiger partial charge in [-0.25, -0.2) is 0 Å². The fourth-order valence-corrected chi connectivity index (χ4v) is 1.92. The average molecular weight is 286 g/mol. The standard InChI is InChI=1S/C16H18N2O3/c1-3-9-21-18-11(2)14-15(19)13(17-16(14)20)10-12-7-5-4-6-8-12/h4-8,10,19H,3,9H2,1-2H3,(H,17,20)/b13-10-,18-11+. The Kier molecular flexibility index (Phi) is 4.77. The number of carbonyl (C=O) groups is 1. The molecule has 0 radical (unpaired) electrons. The Labute approximate surface area is 123 Å². The highest BCUT2D eigenvalue weighted by Crippen LogP contribution is 2.21. The summed E-state index contributed by atoms with van der Waals surface area (Å²) in [4.78, 5) is 17.0. The number of hydrogen-bond donors (Lipinski definition) is 2. The Morgan fingerprint density at radius 1 is 1.38 bits per heavy atom. The minimum atomic E-state index is -0.379. The van der Waals surface area contributed by atoms with E-state index in [4.69, 9.17) is 4.84 Å². The normalized spacial score (nSPS) is 17.3. The van der Waals surface area contributed by atoms with Crippen LogP contribution in [0.15, 0.2) is 52.5 Å². The third-order valence-electron chi connectivity index (χ3n) is 2.94. The second-order valence-corrected chi connectivity index (χ2v) is 4.66. The number of nitrogens with one attached hydrogen (secondary N) is 1. The van der Waals surface area contributed by atoms with E-state index in [1.807, 2.05) is 37.3 Å². The molecule has 1 aliphatic heterocycles. The van der Waals surface area contributed by atoms with Crippen LogP contribution in [0.1, 0.15) is 25.8 Å². The topological polar surface area (TPSA) is 70.9 Å². The summed E-state index contributed by atoms with van der Waals surface area (Å²) in [6, 6.07) is 9.44. The van der Waals surface area contributed by atoms with Gasteiger partial charge >= 0.3 is 0 Å². The summed E-state index contributed by atoms with van der Waals surface area (Å²) in [6.45, 7) is 4.07. The van der Waals surface area contributed by atoms with Crippen molar-refractivity contribution < 1.29 is 14.7 Å². The lowest BCUT2D eigenvalue weighted by Gasteiger charge is -2.00. The number of rotatable bonds is 5. The number of benzene rings is 1. The molecule has 110 valence electrons. The van der Waals surface area contributed by atoms with Gasteiger partial charge in [0.25, 0.3) is 5.91 Å². The predicted octanol–water partition coefficient (Wildman–Crippen LogP) is 2.77. The van der Waals surface area contributed by atoms with E-state index in [0.29, 0.717) is 18.0 Å². The monoisotopic (exact) mass is 286 g/mol. The summed E-state index contributed by atoms with van der Waals surface area (Å²) in [7, 11) is 0. The van der Waals surface area contributed by atoms with Crippen LogP contribution in [0.4, 0.5) is 0 Å². The molecule has 1 aliphatic rings. The molecular weight excluding hydrogens is 268 g/mol. The van der Waals surface area contributed by atoms with Gasteiger partial charge in [-0.3, -0.25) is 4.79 Å². The number of aliphatic hydroxyl groups is 1. The van der Waals surface area contributed by atoms with Crippen molar-refractivity contribution in [1.82, 2.24) is 5.32 Å². The summed E-state index contributed by atoms with van der Waals surface area (Å²) in [6.07, 6.45) is 2.54. The maximum Gasteiger partial charge on any atom is 0.261 e. The van der Waals surface area contributed by atoms with Gasteiger partial charge in [-0.2, -0.15) is 0 Å². The zero-order valence-electron chi connectivity index (χ0n) is 12.1. The first-order valence-corrected chi connectivity index (χ1v) is 6.82. The molecule has 1 amide bonds. The van der Waals surface area contributed by atoms with Crippen molar-refractivity contribution >= 4 is 17.7 Å². The largest absolute Gasteiger partial charge is 0.505 e. The number of hydrogen-bond acceptors (Lipinski definition) is 4. The Hall–Kier alpha value is -2.56. The van der Waals surface area contributed by atoms with Gasteiger partial charge in [0, 0.05) is 0 Å². The third-order valence-corrected chi connectivity index (χ3v) is 2.94. The Morgan fingerprint density at radius 2 is 2.10 bits per heavy atom. The van der Waals surface area contributed by atoms with Crippen LogP contribution in [0.5, 0.6) is 0 Å². The lowest BCUT2D eigenvalue weighted by molar-refractivity contribution is -0.115. The van der Waals surface area contributed by atoms with Gasteiger partial charge in [0.1, 0.15) is 12.2 Å². The van der Waals surface area contributed by atoms with Gasteiger partial charge in [0.2, 0.25) is 0 Å². The summed E-state index contributed by atoms with van der Waals surface area (Å²) in [5.41, 5.74) is 1.76. The molecule has 1 heterocycles. The Morgan fingerprint density at radius 3 is 2.76 bits per heavy atom. The van der Waals surface area contributed by atoms with Crippen molar-refractivity contribution in [2.45, 2.75) is 20.3 Å². The SMILES string of the molecule is CCCO/N=C(\C)C1=C(O)/C(=C/c2ccccc2)NC1=O. The maximum absolute atomic E-state index is 12.0. The fourth-order valence-electron chi connectivity index (χ4n) is 1.92. The van der Waals surface area contributed by atoms with Crippen molar-refractivity contribution in [2.75, 3.05) is 6.61 Å². The van der Waals surface area contributed by atoms with Crippen molar-refractivity contribution in [3.05, 3.63) is 52.9 Å². The van der Waals surface area contributed by atoms with Crippen molar-refractivity contribution in [3.63, 3.8) is 0 Å². The summed E-state index contributed by atoms with van der Waals surface area (Å²) in [5, 5.41) is 16.7. The van der Waals surface area contributed by atoms with E-state index in [1.54, 1.807) is 13.0 Å². The molecule has 1 aromatic carbocycles. The van der Waals surface area contributed by atoms with E-state index < -0.39 is 0 Å². The van der Waals surface area contributed by atoms with Crippen LogP contribution in [-0.2, 0) is 9.63 Å². The van der Waals surface area contributed by atoms with Crippen LogP contribution in [0.3, 0.4) is 0 Å². The third kappa shape index (κ3) is 3.51. The minimum Gasteiger partial charge on any atom is -0.505 e. The van der Waals surface area contributed by atoms with Gasteiger partial charge in [0.05, 0.1) is 11.4 Å². The number of nitrogens with zero attached hydrogens (tertiary/aromatic N) is 1. The lowest BCUT2D eigenvalue weighted by atomic mass is 10.1. The first-order chi connectivity index (χ1) is 10.1. The highest BCUT2D eigenvalue weighted by molar-refractivity contribution is 6.24. The second kappa shape index (κ2) is 6.74. The smallest absolute Gasteiger partial charge is 0.261 e. The first-order valence-electron chi connectivity index (χ1n) is 6.82. The molecule has 0 bridgehead atoms. The Bertz CT molecular complexity index is 616. The highest BCUT2D eigenvalue weighted by atomic mass is 16.6. The van der Waals surface area contributed by atoms with Crippen molar-refractivity contribution in [2.24, 2.45) is 5.16 Å². The van der Waals surface area contributed by atoms with Crippen LogP contribution in [-0.4, -0.2) is 23.3 Å². The van der Waals surface area contributed by atoms with Crippen LogP contribution in [0.2, 0.25) is 0 Å². The van der Waals surface area contributed by atoms with Crippen LogP contribution >= 0.6 is 0 Å². The van der Waals surface area contributed by atoms with Crippen LogP contribution < -0.4 is 5.32 Å². The minimum absolute atomic E-state index is 0.106.